The number of aldehydes is 1. The number of hydrogen-bond donors (Lipinski definition) is 4. The number of rotatable bonds is 5. The van der Waals surface area contributed by atoms with Gasteiger partial charge in [-0.15, -0.1) is 0 Å². The third kappa shape index (κ3) is 3.86. The summed E-state index contributed by atoms with van der Waals surface area (Å²) in [5, 5.41) is 45.6. The first-order chi connectivity index (χ1) is 18.9. The van der Waals surface area contributed by atoms with Crippen molar-refractivity contribution >= 4 is 12.3 Å². The topological polar surface area (TPSA) is 152 Å². The van der Waals surface area contributed by atoms with Gasteiger partial charge in [-0.25, -0.2) is 4.79 Å². The minimum absolute atomic E-state index is 0.0563. The molecule has 0 radical (unpaired) electrons. The lowest BCUT2D eigenvalue weighted by Gasteiger charge is -2.65. The zero-order valence-electron chi connectivity index (χ0n) is 23.7. The molecule has 6 rings (SSSR count). The van der Waals surface area contributed by atoms with Crippen LogP contribution in [-0.4, -0.2) is 94.4 Å². The van der Waals surface area contributed by atoms with Crippen LogP contribution in [0.15, 0.2) is 11.6 Å². The Labute approximate surface area is 235 Å². The van der Waals surface area contributed by atoms with Crippen LogP contribution in [0.4, 0.5) is 0 Å². The Bertz CT molecular complexity index is 1060. The van der Waals surface area contributed by atoms with Crippen LogP contribution in [0.2, 0.25) is 0 Å². The van der Waals surface area contributed by atoms with Crippen LogP contribution in [0.5, 0.6) is 0 Å². The second kappa shape index (κ2) is 9.82. The molecule has 2 heterocycles. The molecule has 0 aromatic rings. The third-order valence-corrected chi connectivity index (χ3v) is 12.2. The van der Waals surface area contributed by atoms with E-state index in [0.29, 0.717) is 44.9 Å². The van der Waals surface area contributed by atoms with Gasteiger partial charge in [0.05, 0.1) is 28.8 Å². The summed E-state index contributed by atoms with van der Waals surface area (Å²) in [6.45, 7) is 4.10. The summed E-state index contributed by atoms with van der Waals surface area (Å²) in [5.41, 5.74) is -2.77. The second-order valence-corrected chi connectivity index (χ2v) is 13.6. The molecule has 0 aromatic heterocycles. The number of methoxy groups -OCH3 is 1. The number of hydrogen-bond acceptors (Lipinski definition) is 10. The molecule has 13 atom stereocenters. The highest BCUT2D eigenvalue weighted by atomic mass is 16.7. The summed E-state index contributed by atoms with van der Waals surface area (Å²) >= 11 is 0. The summed E-state index contributed by atoms with van der Waals surface area (Å²) in [6.07, 6.45) is 2.28. The third-order valence-electron chi connectivity index (χ3n) is 12.2. The van der Waals surface area contributed by atoms with Crippen LogP contribution in [-0.2, 0) is 28.5 Å². The minimum atomic E-state index is -1.30. The van der Waals surface area contributed by atoms with E-state index in [1.54, 1.807) is 13.0 Å². The summed E-state index contributed by atoms with van der Waals surface area (Å²) in [6, 6.07) is 0. The lowest BCUT2D eigenvalue weighted by molar-refractivity contribution is -0.319. The summed E-state index contributed by atoms with van der Waals surface area (Å²) in [7, 11) is 1.42. The van der Waals surface area contributed by atoms with Gasteiger partial charge in [-0.05, 0) is 81.6 Å². The van der Waals surface area contributed by atoms with Crippen molar-refractivity contribution < 1.29 is 49.0 Å². The number of cyclic esters (lactones) is 1. The van der Waals surface area contributed by atoms with Crippen molar-refractivity contribution in [3.05, 3.63) is 11.6 Å². The molecule has 1 saturated heterocycles. The molecule has 0 aromatic carbocycles. The quantitative estimate of drug-likeness (QED) is 0.219. The Hall–Kier alpha value is -1.40. The number of carbonyl (C=O) groups is 2. The molecular weight excluding hydrogens is 520 g/mol. The van der Waals surface area contributed by atoms with E-state index in [-0.39, 0.29) is 36.8 Å². The summed E-state index contributed by atoms with van der Waals surface area (Å²) < 4.78 is 22.4. The molecule has 6 aliphatic rings. The van der Waals surface area contributed by atoms with E-state index < -0.39 is 58.8 Å². The van der Waals surface area contributed by atoms with Crippen LogP contribution in [0, 0.1) is 28.6 Å². The van der Waals surface area contributed by atoms with Gasteiger partial charge in [0.1, 0.15) is 31.2 Å². The Balaban J connectivity index is 1.22. The Morgan fingerprint density at radius 1 is 1.02 bits per heavy atom. The van der Waals surface area contributed by atoms with Gasteiger partial charge in [0.25, 0.3) is 0 Å². The number of aliphatic hydroxyl groups is 4. The van der Waals surface area contributed by atoms with Crippen molar-refractivity contribution in [2.24, 2.45) is 28.6 Å². The zero-order valence-corrected chi connectivity index (χ0v) is 23.7. The molecule has 5 unspecified atom stereocenters. The van der Waals surface area contributed by atoms with Crippen molar-refractivity contribution in [1.82, 2.24) is 0 Å². The highest BCUT2D eigenvalue weighted by Gasteiger charge is 2.71. The van der Waals surface area contributed by atoms with Gasteiger partial charge in [-0.1, -0.05) is 6.92 Å². The average Bonchev–Trinajstić information content (AvgIpc) is 3.46. The van der Waals surface area contributed by atoms with E-state index in [1.807, 2.05) is 0 Å². The van der Waals surface area contributed by atoms with Gasteiger partial charge in [0.15, 0.2) is 6.29 Å². The number of aliphatic hydroxyl groups excluding tert-OH is 2. The van der Waals surface area contributed by atoms with Crippen LogP contribution >= 0.6 is 0 Å². The molecule has 224 valence electrons. The Morgan fingerprint density at radius 3 is 2.45 bits per heavy atom. The van der Waals surface area contributed by atoms with Crippen molar-refractivity contribution in [3.8, 4) is 0 Å². The maximum atomic E-state index is 13.0. The first kappa shape index (κ1) is 28.7. The fraction of sp³-hybridized carbons (Fsp3) is 0.867. The standard InChI is InChI=1S/C30H44O10/c1-16-23(33)25(37-3)24(34)26(39-16)40-18-4-9-28(15-31)20-5-8-27(2)19(17-12-22(32)38-14-17)7-11-30(27,36)21(20)6-10-29(28,35)13-18/h12,15-16,18-21,23-26,33-36H,4-11,13-14H2,1-3H3/t16?,18-,19-,20?,21?,23-,24?,25?,26+,27-,28+,29+,30+/m1/s1. The smallest absolute Gasteiger partial charge is 0.331 e. The van der Waals surface area contributed by atoms with Crippen LogP contribution in [0.3, 0.4) is 0 Å². The molecule has 0 amide bonds. The van der Waals surface area contributed by atoms with Crippen LogP contribution in [0.25, 0.3) is 0 Å². The molecule has 0 spiro atoms. The van der Waals surface area contributed by atoms with Gasteiger partial charge < -0.3 is 44.2 Å². The zero-order chi connectivity index (χ0) is 28.7. The van der Waals surface area contributed by atoms with E-state index in [0.717, 1.165) is 18.3 Å². The monoisotopic (exact) mass is 564 g/mol. The number of carbonyl (C=O) groups excluding carboxylic acids is 2. The molecule has 40 heavy (non-hydrogen) atoms. The molecule has 10 heteroatoms. The van der Waals surface area contributed by atoms with Crippen LogP contribution < -0.4 is 0 Å². The lowest BCUT2D eigenvalue weighted by atomic mass is 9.41. The predicted octanol–water partition coefficient (Wildman–Crippen LogP) is 1.40. The highest BCUT2D eigenvalue weighted by molar-refractivity contribution is 5.85. The van der Waals surface area contributed by atoms with Crippen molar-refractivity contribution in [2.45, 2.75) is 120 Å². The maximum Gasteiger partial charge on any atom is 0.331 e. The van der Waals surface area contributed by atoms with Gasteiger partial charge in [0.2, 0.25) is 0 Å². The normalized spacial score (nSPS) is 54.1. The SMILES string of the molecule is COC1C(O)[C@H](O[C@@H]2CC[C@]3(C=O)C4CC[C@]5(C)[C@@H](C6=CC(=O)OC6)CC[C@]5(O)C4CC[C@]3(O)C2)OC(C)[C@H]1O. The molecule has 4 aliphatic carbocycles. The van der Waals surface area contributed by atoms with Gasteiger partial charge >= 0.3 is 5.97 Å². The van der Waals surface area contributed by atoms with E-state index in [9.17, 15) is 30.0 Å². The molecule has 0 bridgehead atoms. The summed E-state index contributed by atoms with van der Waals surface area (Å²) in [5.74, 6) is -0.563. The second-order valence-electron chi connectivity index (χ2n) is 13.6. The molecule has 2 aliphatic heterocycles. The van der Waals surface area contributed by atoms with Gasteiger partial charge in [0, 0.05) is 25.0 Å². The van der Waals surface area contributed by atoms with Crippen molar-refractivity contribution in [1.29, 1.82) is 0 Å². The average molecular weight is 565 g/mol. The van der Waals surface area contributed by atoms with Crippen molar-refractivity contribution in [3.63, 3.8) is 0 Å². The number of fused-ring (bicyclic) bond motifs is 5. The number of esters is 1. The Morgan fingerprint density at radius 2 is 1.77 bits per heavy atom. The fourth-order valence-electron chi connectivity index (χ4n) is 10.0. The molecule has 4 N–H and O–H groups in total. The van der Waals surface area contributed by atoms with Gasteiger partial charge in [-0.3, -0.25) is 0 Å². The van der Waals surface area contributed by atoms with E-state index in [4.69, 9.17) is 18.9 Å². The first-order valence-corrected chi connectivity index (χ1v) is 14.9. The summed E-state index contributed by atoms with van der Waals surface area (Å²) in [4.78, 5) is 24.8. The minimum Gasteiger partial charge on any atom is -0.458 e. The molecule has 4 saturated carbocycles. The molecule has 5 fully saturated rings. The predicted molar refractivity (Wildman–Crippen MR) is 140 cm³/mol. The van der Waals surface area contributed by atoms with Crippen molar-refractivity contribution in [2.75, 3.05) is 13.7 Å². The largest absolute Gasteiger partial charge is 0.458 e. The maximum absolute atomic E-state index is 13.0. The lowest BCUT2D eigenvalue weighted by Crippen LogP contribution is -2.69. The highest BCUT2D eigenvalue weighted by Crippen LogP contribution is 2.70. The molecular formula is C30H44O10. The first-order valence-electron chi connectivity index (χ1n) is 14.9. The fourth-order valence-corrected chi connectivity index (χ4v) is 10.0. The van der Waals surface area contributed by atoms with E-state index in [2.05, 4.69) is 6.92 Å². The Kier molecular flexibility index (Phi) is 7.05. The van der Waals surface area contributed by atoms with E-state index >= 15 is 0 Å². The molecule has 10 nitrogen and oxygen atoms in total. The van der Waals surface area contributed by atoms with E-state index in [1.165, 1.54) is 7.11 Å². The van der Waals surface area contributed by atoms with Crippen LogP contribution in [0.1, 0.15) is 71.6 Å². The van der Waals surface area contributed by atoms with Gasteiger partial charge in [-0.2, -0.15) is 0 Å². The number of ether oxygens (including phenoxy) is 4.